The minimum absolute atomic E-state index is 0.242. The highest BCUT2D eigenvalue weighted by Crippen LogP contribution is 2.15. The Balaban J connectivity index is 2.03. The zero-order valence-electron chi connectivity index (χ0n) is 10.3. The van der Waals surface area contributed by atoms with Crippen molar-refractivity contribution < 1.29 is 4.39 Å². The molecule has 1 saturated heterocycles. The fraction of sp³-hybridized carbons (Fsp3) is 0.357. The summed E-state index contributed by atoms with van der Waals surface area (Å²) in [5.41, 5.74) is 1.61. The largest absolute Gasteiger partial charge is 0.386 e. The van der Waals surface area contributed by atoms with Gasteiger partial charge in [0.05, 0.1) is 5.70 Å². The molecule has 3 nitrogen and oxygen atoms in total. The number of benzene rings is 1. The van der Waals surface area contributed by atoms with Crippen LogP contribution in [-0.4, -0.2) is 25.8 Å². The van der Waals surface area contributed by atoms with Gasteiger partial charge in [-0.1, -0.05) is 0 Å². The lowest BCUT2D eigenvalue weighted by molar-refractivity contribution is 0.420. The van der Waals surface area contributed by atoms with E-state index in [0.29, 0.717) is 6.04 Å². The first-order valence-electron chi connectivity index (χ1n) is 6.19. The molecule has 18 heavy (non-hydrogen) atoms. The van der Waals surface area contributed by atoms with Crippen LogP contribution in [0.3, 0.4) is 0 Å². The van der Waals surface area contributed by atoms with Crippen molar-refractivity contribution in [2.24, 2.45) is 4.99 Å². The molecule has 1 aromatic carbocycles. The number of hydrogen-bond acceptors (Lipinski definition) is 3. The van der Waals surface area contributed by atoms with Gasteiger partial charge in [0.2, 0.25) is 0 Å². The van der Waals surface area contributed by atoms with E-state index in [-0.39, 0.29) is 5.82 Å². The second-order valence-electron chi connectivity index (χ2n) is 4.39. The van der Waals surface area contributed by atoms with Gasteiger partial charge in [0.1, 0.15) is 5.82 Å². The van der Waals surface area contributed by atoms with Crippen molar-refractivity contribution >= 4 is 12.4 Å². The third-order valence-corrected chi connectivity index (χ3v) is 3.11. The first-order chi connectivity index (χ1) is 8.79. The second kappa shape index (κ2) is 6.31. The summed E-state index contributed by atoms with van der Waals surface area (Å²) in [4.78, 5) is 3.98. The van der Waals surface area contributed by atoms with Crippen LogP contribution < -0.4 is 10.6 Å². The summed E-state index contributed by atoms with van der Waals surface area (Å²) >= 11 is 0. The monoisotopic (exact) mass is 247 g/mol. The number of aliphatic imine (C=N–C) groups is 1. The van der Waals surface area contributed by atoms with E-state index >= 15 is 0 Å². The number of nitrogens with one attached hydrogen (secondary N) is 2. The van der Waals surface area contributed by atoms with E-state index in [1.165, 1.54) is 12.1 Å². The minimum atomic E-state index is -0.242. The number of hydrogen-bond donors (Lipinski definition) is 2. The highest BCUT2D eigenvalue weighted by atomic mass is 19.1. The summed E-state index contributed by atoms with van der Waals surface area (Å²) in [5, 5.41) is 6.67. The molecule has 4 heteroatoms. The molecule has 2 rings (SSSR count). The van der Waals surface area contributed by atoms with Crippen LogP contribution in [-0.2, 0) is 0 Å². The van der Waals surface area contributed by atoms with Crippen LogP contribution in [0, 0.1) is 5.82 Å². The van der Waals surface area contributed by atoms with Gasteiger partial charge in [-0.15, -0.1) is 0 Å². The molecule has 1 heterocycles. The van der Waals surface area contributed by atoms with Crippen LogP contribution in [0.25, 0.3) is 5.70 Å². The van der Waals surface area contributed by atoms with Crippen molar-refractivity contribution in [2.45, 2.75) is 18.9 Å². The molecule has 1 aliphatic heterocycles. The molecule has 0 aliphatic carbocycles. The highest BCUT2D eigenvalue weighted by molar-refractivity contribution is 5.67. The van der Waals surface area contributed by atoms with Gasteiger partial charge in [-0.25, -0.2) is 4.39 Å². The molecule has 0 radical (unpaired) electrons. The van der Waals surface area contributed by atoms with Crippen molar-refractivity contribution in [3.8, 4) is 0 Å². The van der Waals surface area contributed by atoms with Crippen molar-refractivity contribution in [1.29, 1.82) is 0 Å². The van der Waals surface area contributed by atoms with E-state index < -0.39 is 0 Å². The second-order valence-corrected chi connectivity index (χ2v) is 4.39. The molecule has 1 fully saturated rings. The normalized spacial score (nSPS) is 17.5. The fourth-order valence-electron chi connectivity index (χ4n) is 2.03. The van der Waals surface area contributed by atoms with Crippen LogP contribution in [0.15, 0.2) is 35.5 Å². The maximum atomic E-state index is 12.8. The minimum Gasteiger partial charge on any atom is -0.386 e. The molecule has 96 valence electrons. The first-order valence-corrected chi connectivity index (χ1v) is 6.19. The molecule has 0 unspecified atom stereocenters. The SMILES string of the molecule is C=N/C(=C\NC1CCNCC1)c1ccc(F)cc1. The summed E-state index contributed by atoms with van der Waals surface area (Å²) in [5.74, 6) is -0.242. The van der Waals surface area contributed by atoms with Crippen LogP contribution >= 0.6 is 0 Å². The van der Waals surface area contributed by atoms with Crippen molar-refractivity contribution in [1.82, 2.24) is 10.6 Å². The Labute approximate surface area is 107 Å². The lowest BCUT2D eigenvalue weighted by atomic mass is 10.1. The van der Waals surface area contributed by atoms with Crippen LogP contribution in [0.1, 0.15) is 18.4 Å². The van der Waals surface area contributed by atoms with Gasteiger partial charge in [-0.2, -0.15) is 0 Å². The summed E-state index contributed by atoms with van der Waals surface area (Å²) in [7, 11) is 0. The van der Waals surface area contributed by atoms with E-state index in [4.69, 9.17) is 0 Å². The van der Waals surface area contributed by atoms with Crippen molar-refractivity contribution in [2.75, 3.05) is 13.1 Å². The lowest BCUT2D eigenvalue weighted by Gasteiger charge is -2.23. The van der Waals surface area contributed by atoms with E-state index in [1.807, 2.05) is 6.20 Å². The maximum Gasteiger partial charge on any atom is 0.123 e. The molecule has 0 atom stereocenters. The smallest absolute Gasteiger partial charge is 0.123 e. The number of piperidine rings is 1. The fourth-order valence-corrected chi connectivity index (χ4v) is 2.03. The Morgan fingerprint density at radius 2 is 2.00 bits per heavy atom. The Hall–Kier alpha value is -1.68. The quantitative estimate of drug-likeness (QED) is 0.800. The Morgan fingerprint density at radius 1 is 1.33 bits per heavy atom. The molecule has 0 saturated carbocycles. The lowest BCUT2D eigenvalue weighted by Crippen LogP contribution is -2.37. The first kappa shape index (κ1) is 12.8. The number of nitrogens with zero attached hydrogens (tertiary/aromatic N) is 1. The van der Waals surface area contributed by atoms with Gasteiger partial charge in [-0.05, 0) is 56.9 Å². The standard InChI is InChI=1S/C14H18FN3/c1-16-14(11-2-4-12(15)5-3-11)10-18-13-6-8-17-9-7-13/h2-5,10,13,17-18H,1,6-9H2/b14-10-. The summed E-state index contributed by atoms with van der Waals surface area (Å²) in [6, 6.07) is 6.75. The molecule has 0 aromatic heterocycles. The van der Waals surface area contributed by atoms with Crippen LogP contribution in [0.5, 0.6) is 0 Å². The Bertz CT molecular complexity index is 419. The maximum absolute atomic E-state index is 12.8. The zero-order valence-corrected chi connectivity index (χ0v) is 10.3. The Morgan fingerprint density at radius 3 is 2.61 bits per heavy atom. The van der Waals surface area contributed by atoms with Gasteiger partial charge in [0.15, 0.2) is 0 Å². The summed E-state index contributed by atoms with van der Waals surface area (Å²) < 4.78 is 12.8. The number of rotatable bonds is 4. The molecular weight excluding hydrogens is 229 g/mol. The predicted molar refractivity (Wildman–Crippen MR) is 73.0 cm³/mol. The molecule has 2 N–H and O–H groups in total. The molecule has 1 aliphatic rings. The number of halogens is 1. The summed E-state index contributed by atoms with van der Waals surface area (Å²) in [6.45, 7) is 5.64. The predicted octanol–water partition coefficient (Wildman–Crippen LogP) is 2.17. The average Bonchev–Trinajstić information content (AvgIpc) is 2.42. The average molecular weight is 247 g/mol. The van der Waals surface area contributed by atoms with Crippen molar-refractivity contribution in [3.63, 3.8) is 0 Å². The van der Waals surface area contributed by atoms with Gasteiger partial charge in [0.25, 0.3) is 0 Å². The van der Waals surface area contributed by atoms with Gasteiger partial charge in [0, 0.05) is 17.8 Å². The van der Waals surface area contributed by atoms with Gasteiger partial charge >= 0.3 is 0 Å². The van der Waals surface area contributed by atoms with Gasteiger partial charge < -0.3 is 10.6 Å². The summed E-state index contributed by atoms with van der Waals surface area (Å²) in [6.07, 6.45) is 4.07. The van der Waals surface area contributed by atoms with Crippen LogP contribution in [0.4, 0.5) is 4.39 Å². The van der Waals surface area contributed by atoms with E-state index in [2.05, 4.69) is 22.3 Å². The zero-order chi connectivity index (χ0) is 12.8. The molecule has 0 spiro atoms. The third kappa shape index (κ3) is 3.40. The van der Waals surface area contributed by atoms with E-state index in [1.54, 1.807) is 12.1 Å². The Kier molecular flexibility index (Phi) is 4.47. The highest BCUT2D eigenvalue weighted by Gasteiger charge is 2.11. The molecule has 0 bridgehead atoms. The molecular formula is C14H18FN3. The molecule has 1 aromatic rings. The topological polar surface area (TPSA) is 36.4 Å². The van der Waals surface area contributed by atoms with E-state index in [0.717, 1.165) is 37.2 Å². The van der Waals surface area contributed by atoms with Crippen molar-refractivity contribution in [3.05, 3.63) is 41.8 Å². The van der Waals surface area contributed by atoms with E-state index in [9.17, 15) is 4.39 Å². The third-order valence-electron chi connectivity index (χ3n) is 3.11. The van der Waals surface area contributed by atoms with Gasteiger partial charge in [-0.3, -0.25) is 4.99 Å². The van der Waals surface area contributed by atoms with Crippen LogP contribution in [0.2, 0.25) is 0 Å². The molecule has 0 amide bonds.